The first-order valence-electron chi connectivity index (χ1n) is 5.80. The average molecular weight is 338 g/mol. The SMILES string of the molecule is O=C([O-])c1cnc(NCCc2ccc(Cl)cc2)nc1[O-].[Na+].[Na+]. The number of nitrogens with zero attached hydrogens (tertiary/aromatic N) is 2. The van der Waals surface area contributed by atoms with E-state index in [0.29, 0.717) is 18.0 Å². The Labute approximate surface area is 176 Å². The number of carbonyl (C=O) groups excluding carboxylic acids is 1. The Bertz CT molecular complexity index is 626. The third kappa shape index (κ3) is 6.42. The number of aromatic nitrogens is 2. The smallest absolute Gasteiger partial charge is 0.858 e. The average Bonchev–Trinajstić information content (AvgIpc) is 2.41. The molecule has 0 saturated heterocycles. The monoisotopic (exact) mass is 337 g/mol. The number of aromatic carboxylic acids is 1. The molecule has 0 radical (unpaired) electrons. The van der Waals surface area contributed by atoms with Gasteiger partial charge < -0.3 is 20.3 Å². The third-order valence-corrected chi connectivity index (χ3v) is 2.84. The molecule has 1 aromatic carbocycles. The van der Waals surface area contributed by atoms with Crippen LogP contribution in [0.25, 0.3) is 0 Å². The van der Waals surface area contributed by atoms with E-state index in [2.05, 4.69) is 15.3 Å². The van der Waals surface area contributed by atoms with E-state index in [0.717, 1.165) is 11.8 Å². The molecule has 0 amide bonds. The van der Waals surface area contributed by atoms with E-state index in [1.54, 1.807) is 12.1 Å². The summed E-state index contributed by atoms with van der Waals surface area (Å²) in [5.74, 6) is -2.36. The van der Waals surface area contributed by atoms with Crippen LogP contribution >= 0.6 is 11.6 Å². The van der Waals surface area contributed by atoms with Crippen molar-refractivity contribution in [2.45, 2.75) is 6.42 Å². The second kappa shape index (κ2) is 10.4. The summed E-state index contributed by atoms with van der Waals surface area (Å²) in [5.41, 5.74) is 0.517. The molecule has 104 valence electrons. The molecule has 1 aromatic heterocycles. The van der Waals surface area contributed by atoms with Gasteiger partial charge in [-0.15, -0.1) is 0 Å². The van der Waals surface area contributed by atoms with E-state index < -0.39 is 17.4 Å². The van der Waals surface area contributed by atoms with Crippen LogP contribution < -0.4 is 74.6 Å². The van der Waals surface area contributed by atoms with E-state index in [9.17, 15) is 15.0 Å². The van der Waals surface area contributed by atoms with Gasteiger partial charge in [-0.25, -0.2) is 9.97 Å². The summed E-state index contributed by atoms with van der Waals surface area (Å²) >= 11 is 5.78. The van der Waals surface area contributed by atoms with Crippen LogP contribution in [0.4, 0.5) is 5.95 Å². The molecule has 0 fully saturated rings. The van der Waals surface area contributed by atoms with Gasteiger partial charge in [0.1, 0.15) is 0 Å². The molecule has 22 heavy (non-hydrogen) atoms. The molecule has 0 spiro atoms. The van der Waals surface area contributed by atoms with E-state index in [1.807, 2.05) is 12.1 Å². The van der Waals surface area contributed by atoms with Gasteiger partial charge in [-0.3, -0.25) is 0 Å². The zero-order chi connectivity index (χ0) is 14.5. The van der Waals surface area contributed by atoms with E-state index >= 15 is 0 Å². The molecule has 0 aliphatic heterocycles. The van der Waals surface area contributed by atoms with Gasteiger partial charge in [0.25, 0.3) is 0 Å². The molecular formula is C13H10ClN3Na2O3. The largest absolute Gasteiger partial charge is 1.00 e. The first-order valence-corrected chi connectivity index (χ1v) is 6.18. The molecule has 0 atom stereocenters. The van der Waals surface area contributed by atoms with E-state index in [4.69, 9.17) is 11.6 Å². The van der Waals surface area contributed by atoms with Crippen LogP contribution in [0.3, 0.4) is 0 Å². The number of hydrogen-bond donors (Lipinski definition) is 1. The minimum atomic E-state index is -1.58. The summed E-state index contributed by atoms with van der Waals surface area (Å²) in [4.78, 5) is 17.8. The Morgan fingerprint density at radius 2 is 1.86 bits per heavy atom. The normalized spacial score (nSPS) is 9.32. The minimum Gasteiger partial charge on any atom is -0.858 e. The van der Waals surface area contributed by atoms with Gasteiger partial charge in [0.05, 0.1) is 5.97 Å². The van der Waals surface area contributed by atoms with Crippen LogP contribution in [0.2, 0.25) is 5.02 Å². The molecule has 2 aromatic rings. The van der Waals surface area contributed by atoms with Crippen molar-refractivity contribution in [2.75, 3.05) is 11.9 Å². The van der Waals surface area contributed by atoms with Crippen LogP contribution in [0.1, 0.15) is 15.9 Å². The number of anilines is 1. The maximum Gasteiger partial charge on any atom is 1.00 e. The fourth-order valence-corrected chi connectivity index (χ4v) is 1.69. The molecule has 1 N–H and O–H groups in total. The molecule has 9 heteroatoms. The number of benzene rings is 1. The molecule has 1 heterocycles. The molecule has 0 aliphatic rings. The van der Waals surface area contributed by atoms with Gasteiger partial charge in [-0.2, -0.15) is 0 Å². The second-order valence-electron chi connectivity index (χ2n) is 4.00. The number of hydrogen-bond acceptors (Lipinski definition) is 6. The number of carboxylic acid groups (broad SMARTS) is 1. The van der Waals surface area contributed by atoms with Crippen molar-refractivity contribution in [1.29, 1.82) is 0 Å². The Morgan fingerprint density at radius 1 is 1.23 bits per heavy atom. The molecule has 0 bridgehead atoms. The predicted molar refractivity (Wildman–Crippen MR) is 69.5 cm³/mol. The number of rotatable bonds is 5. The Kier molecular flexibility index (Phi) is 10.3. The topological polar surface area (TPSA) is 101 Å². The van der Waals surface area contributed by atoms with E-state index in [1.165, 1.54) is 0 Å². The summed E-state index contributed by atoms with van der Waals surface area (Å²) in [6.45, 7) is 0.506. The van der Waals surface area contributed by atoms with Crippen LogP contribution in [-0.4, -0.2) is 22.5 Å². The van der Waals surface area contributed by atoms with Crippen molar-refractivity contribution < 1.29 is 74.1 Å². The van der Waals surface area contributed by atoms with Crippen LogP contribution in [0.5, 0.6) is 5.88 Å². The second-order valence-corrected chi connectivity index (χ2v) is 4.44. The predicted octanol–water partition coefficient (Wildman–Crippen LogP) is -5.77. The maximum absolute atomic E-state index is 11.3. The molecule has 0 unspecified atom stereocenters. The fourth-order valence-electron chi connectivity index (χ4n) is 1.56. The van der Waals surface area contributed by atoms with Crippen molar-refractivity contribution in [3.63, 3.8) is 0 Å². The molecule has 0 aliphatic carbocycles. The summed E-state index contributed by atoms with van der Waals surface area (Å²) in [7, 11) is 0. The fraction of sp³-hybridized carbons (Fsp3) is 0.154. The van der Waals surface area contributed by atoms with Crippen LogP contribution in [0, 0.1) is 0 Å². The van der Waals surface area contributed by atoms with Gasteiger partial charge in [0, 0.05) is 29.2 Å². The Morgan fingerprint density at radius 3 is 2.41 bits per heavy atom. The number of carbonyl (C=O) groups is 1. The van der Waals surface area contributed by atoms with Crippen molar-refractivity contribution in [1.82, 2.24) is 9.97 Å². The zero-order valence-electron chi connectivity index (χ0n) is 12.3. The van der Waals surface area contributed by atoms with Crippen LogP contribution in [-0.2, 0) is 6.42 Å². The first kappa shape index (κ1) is 21.7. The van der Waals surface area contributed by atoms with Gasteiger partial charge >= 0.3 is 59.1 Å². The van der Waals surface area contributed by atoms with Crippen molar-refractivity contribution in [2.24, 2.45) is 0 Å². The minimum absolute atomic E-state index is 0. The third-order valence-electron chi connectivity index (χ3n) is 2.58. The molecular weight excluding hydrogens is 328 g/mol. The maximum atomic E-state index is 11.3. The van der Waals surface area contributed by atoms with Gasteiger partial charge in [-0.1, -0.05) is 23.7 Å². The van der Waals surface area contributed by atoms with E-state index in [-0.39, 0.29) is 65.1 Å². The first-order chi connectivity index (χ1) is 9.56. The number of halogens is 1. The zero-order valence-corrected chi connectivity index (χ0v) is 17.1. The quantitative estimate of drug-likeness (QED) is 0.546. The molecule has 0 saturated carbocycles. The van der Waals surface area contributed by atoms with Crippen molar-refractivity contribution >= 4 is 23.5 Å². The van der Waals surface area contributed by atoms with Crippen molar-refractivity contribution in [3.8, 4) is 5.88 Å². The summed E-state index contributed by atoms with van der Waals surface area (Å²) in [5, 5.41) is 25.4. The number of nitrogens with one attached hydrogen (secondary N) is 1. The standard InChI is InChI=1S/C13H12ClN3O3.2Na/c14-9-3-1-8(2-4-9)5-6-15-13-16-7-10(12(19)20)11(18)17-13;;/h1-4,7H,5-6H2,(H,19,20)(H2,15,16,17,18);;/q;2*+1/p-2. The summed E-state index contributed by atoms with van der Waals surface area (Å²) in [6, 6.07) is 7.36. The van der Waals surface area contributed by atoms with Gasteiger partial charge in [0.2, 0.25) is 5.95 Å². The van der Waals surface area contributed by atoms with Gasteiger partial charge in [0.15, 0.2) is 0 Å². The Balaban J connectivity index is 0.00000220. The van der Waals surface area contributed by atoms with Gasteiger partial charge in [-0.05, 0) is 24.1 Å². The molecule has 2 rings (SSSR count). The summed E-state index contributed by atoms with van der Waals surface area (Å²) in [6.07, 6.45) is 1.63. The Hall–Kier alpha value is -0.340. The number of carboxylic acids is 1. The molecule has 6 nitrogen and oxygen atoms in total. The van der Waals surface area contributed by atoms with Crippen LogP contribution in [0.15, 0.2) is 30.5 Å². The summed E-state index contributed by atoms with van der Waals surface area (Å²) < 4.78 is 0. The van der Waals surface area contributed by atoms with Crippen molar-refractivity contribution in [3.05, 3.63) is 46.6 Å².